The first-order valence-electron chi connectivity index (χ1n) is 4.76. The highest BCUT2D eigenvalue weighted by Gasteiger charge is 2.23. The molecule has 0 aliphatic carbocycles. The number of likely N-dealkylation sites (tertiary alicyclic amines) is 1. The van der Waals surface area contributed by atoms with Gasteiger partial charge in [0.2, 0.25) is 5.91 Å². The number of rotatable bonds is 4. The summed E-state index contributed by atoms with van der Waals surface area (Å²) in [5.74, 6) is 0.192. The molecule has 3 nitrogen and oxygen atoms in total. The van der Waals surface area contributed by atoms with E-state index < -0.39 is 0 Å². The van der Waals surface area contributed by atoms with Crippen LogP contribution in [-0.4, -0.2) is 40.4 Å². The van der Waals surface area contributed by atoms with Crippen molar-refractivity contribution in [3.63, 3.8) is 0 Å². The SMILES string of the molecule is O=C(CCCCBr)N1CC[C@H](O)C1. The summed E-state index contributed by atoms with van der Waals surface area (Å²) in [5, 5.41) is 10.2. The Kier molecular flexibility index (Phi) is 4.73. The molecule has 0 bridgehead atoms. The molecule has 0 aromatic heterocycles. The predicted octanol–water partition coefficient (Wildman–Crippen LogP) is 1.14. The molecule has 0 unspecified atom stereocenters. The van der Waals surface area contributed by atoms with E-state index in [1.54, 1.807) is 4.90 Å². The van der Waals surface area contributed by atoms with Gasteiger partial charge in [-0.05, 0) is 19.3 Å². The second kappa shape index (κ2) is 5.60. The molecule has 1 rings (SSSR count). The van der Waals surface area contributed by atoms with Gasteiger partial charge in [-0.25, -0.2) is 0 Å². The van der Waals surface area contributed by atoms with Crippen molar-refractivity contribution in [1.29, 1.82) is 0 Å². The number of alkyl halides is 1. The van der Waals surface area contributed by atoms with E-state index >= 15 is 0 Å². The van der Waals surface area contributed by atoms with Crippen LogP contribution in [-0.2, 0) is 4.79 Å². The minimum atomic E-state index is -0.292. The number of hydrogen-bond acceptors (Lipinski definition) is 2. The molecule has 1 N–H and O–H groups in total. The number of carbonyl (C=O) groups is 1. The first-order valence-corrected chi connectivity index (χ1v) is 5.88. The molecule has 0 radical (unpaired) electrons. The van der Waals surface area contributed by atoms with Crippen LogP contribution in [0.15, 0.2) is 0 Å². The molecule has 1 fully saturated rings. The lowest BCUT2D eigenvalue weighted by Crippen LogP contribution is -2.29. The number of unbranched alkanes of at least 4 members (excludes halogenated alkanes) is 1. The monoisotopic (exact) mass is 249 g/mol. The normalized spacial score (nSPS) is 22.3. The molecule has 1 aliphatic rings. The van der Waals surface area contributed by atoms with Crippen molar-refractivity contribution in [1.82, 2.24) is 4.90 Å². The van der Waals surface area contributed by atoms with Gasteiger partial charge >= 0.3 is 0 Å². The molecule has 1 heterocycles. The topological polar surface area (TPSA) is 40.5 Å². The molecule has 0 spiro atoms. The summed E-state index contributed by atoms with van der Waals surface area (Å²) in [6.45, 7) is 1.27. The molecule has 1 atom stereocenters. The maximum absolute atomic E-state index is 11.5. The summed E-state index contributed by atoms with van der Waals surface area (Å²) in [4.78, 5) is 13.2. The maximum atomic E-state index is 11.5. The number of amides is 1. The summed E-state index contributed by atoms with van der Waals surface area (Å²) < 4.78 is 0. The van der Waals surface area contributed by atoms with Crippen LogP contribution < -0.4 is 0 Å². The minimum Gasteiger partial charge on any atom is -0.391 e. The lowest BCUT2D eigenvalue weighted by Gasteiger charge is -2.14. The van der Waals surface area contributed by atoms with E-state index in [0.29, 0.717) is 13.0 Å². The minimum absolute atomic E-state index is 0.192. The van der Waals surface area contributed by atoms with Crippen molar-refractivity contribution in [3.05, 3.63) is 0 Å². The molecule has 13 heavy (non-hydrogen) atoms. The Bertz CT molecular complexity index is 175. The fourth-order valence-corrected chi connectivity index (χ4v) is 1.89. The molecule has 76 valence electrons. The fraction of sp³-hybridized carbons (Fsp3) is 0.889. The molecular formula is C9H16BrNO2. The van der Waals surface area contributed by atoms with Crippen LogP contribution >= 0.6 is 15.9 Å². The zero-order valence-corrected chi connectivity index (χ0v) is 9.29. The standard InChI is InChI=1S/C9H16BrNO2/c10-5-2-1-3-9(13)11-6-4-8(12)7-11/h8,12H,1-7H2/t8-/m0/s1. The van der Waals surface area contributed by atoms with E-state index in [2.05, 4.69) is 15.9 Å². The van der Waals surface area contributed by atoms with Crippen molar-refractivity contribution in [3.8, 4) is 0 Å². The smallest absolute Gasteiger partial charge is 0.222 e. The number of aliphatic hydroxyl groups is 1. The average Bonchev–Trinajstić information content (AvgIpc) is 2.52. The van der Waals surface area contributed by atoms with Crippen molar-refractivity contribution < 1.29 is 9.90 Å². The number of carbonyl (C=O) groups excluding carboxylic acids is 1. The van der Waals surface area contributed by atoms with E-state index in [4.69, 9.17) is 0 Å². The first kappa shape index (κ1) is 11.0. The Morgan fingerprint density at radius 3 is 2.85 bits per heavy atom. The Balaban J connectivity index is 2.16. The zero-order chi connectivity index (χ0) is 9.68. The Morgan fingerprint density at radius 2 is 2.31 bits per heavy atom. The van der Waals surface area contributed by atoms with Gasteiger partial charge in [-0.3, -0.25) is 4.79 Å². The molecule has 0 aromatic rings. The van der Waals surface area contributed by atoms with Crippen molar-refractivity contribution in [2.24, 2.45) is 0 Å². The van der Waals surface area contributed by atoms with Crippen LogP contribution in [0, 0.1) is 0 Å². The van der Waals surface area contributed by atoms with E-state index in [1.807, 2.05) is 0 Å². The number of halogens is 1. The van der Waals surface area contributed by atoms with Gasteiger partial charge < -0.3 is 10.0 Å². The van der Waals surface area contributed by atoms with Gasteiger partial charge in [0.1, 0.15) is 0 Å². The van der Waals surface area contributed by atoms with E-state index in [9.17, 15) is 9.90 Å². The molecular weight excluding hydrogens is 234 g/mol. The second-order valence-electron chi connectivity index (χ2n) is 3.43. The summed E-state index contributed by atoms with van der Waals surface area (Å²) in [6, 6.07) is 0. The third-order valence-electron chi connectivity index (χ3n) is 2.29. The van der Waals surface area contributed by atoms with Gasteiger partial charge in [0.25, 0.3) is 0 Å². The quantitative estimate of drug-likeness (QED) is 0.600. The summed E-state index contributed by atoms with van der Waals surface area (Å²) in [6.07, 6.45) is 3.06. The van der Waals surface area contributed by atoms with Gasteiger partial charge in [-0.1, -0.05) is 15.9 Å². The molecule has 1 saturated heterocycles. The lowest BCUT2D eigenvalue weighted by molar-refractivity contribution is -0.130. The summed E-state index contributed by atoms with van der Waals surface area (Å²) in [5.41, 5.74) is 0. The molecule has 4 heteroatoms. The summed E-state index contributed by atoms with van der Waals surface area (Å²) >= 11 is 3.33. The second-order valence-corrected chi connectivity index (χ2v) is 4.22. The van der Waals surface area contributed by atoms with Crippen LogP contribution in [0.4, 0.5) is 0 Å². The van der Waals surface area contributed by atoms with E-state index in [1.165, 1.54) is 0 Å². The lowest BCUT2D eigenvalue weighted by atomic mass is 10.2. The molecule has 0 saturated carbocycles. The number of nitrogens with zero attached hydrogens (tertiary/aromatic N) is 1. The predicted molar refractivity (Wildman–Crippen MR) is 54.8 cm³/mol. The molecule has 1 aliphatic heterocycles. The number of β-amino-alcohol motifs (C(OH)–C–C–N with tert-alkyl or cyclic N) is 1. The maximum Gasteiger partial charge on any atom is 0.222 e. The zero-order valence-electron chi connectivity index (χ0n) is 7.71. The van der Waals surface area contributed by atoms with Crippen molar-refractivity contribution >= 4 is 21.8 Å². The highest BCUT2D eigenvalue weighted by atomic mass is 79.9. The molecule has 1 amide bonds. The van der Waals surface area contributed by atoms with Crippen LogP contribution in [0.5, 0.6) is 0 Å². The van der Waals surface area contributed by atoms with Crippen LogP contribution in [0.2, 0.25) is 0 Å². The Labute approximate surface area is 87.2 Å². The fourth-order valence-electron chi connectivity index (χ4n) is 1.50. The number of hydrogen-bond donors (Lipinski definition) is 1. The van der Waals surface area contributed by atoms with Gasteiger partial charge in [0.15, 0.2) is 0 Å². The third-order valence-corrected chi connectivity index (χ3v) is 2.85. The number of aliphatic hydroxyl groups excluding tert-OH is 1. The van der Waals surface area contributed by atoms with E-state index in [0.717, 1.165) is 31.1 Å². The third kappa shape index (κ3) is 3.65. The van der Waals surface area contributed by atoms with E-state index in [-0.39, 0.29) is 12.0 Å². The van der Waals surface area contributed by atoms with Gasteiger partial charge in [0, 0.05) is 24.8 Å². The van der Waals surface area contributed by atoms with Crippen LogP contribution in [0.25, 0.3) is 0 Å². The molecule has 0 aromatic carbocycles. The highest BCUT2D eigenvalue weighted by Crippen LogP contribution is 2.11. The Hall–Kier alpha value is -0.0900. The van der Waals surface area contributed by atoms with Gasteiger partial charge in [-0.2, -0.15) is 0 Å². The van der Waals surface area contributed by atoms with Gasteiger partial charge in [0.05, 0.1) is 6.10 Å². The summed E-state index contributed by atoms with van der Waals surface area (Å²) in [7, 11) is 0. The first-order chi connectivity index (χ1) is 6.24. The highest BCUT2D eigenvalue weighted by molar-refractivity contribution is 9.09. The van der Waals surface area contributed by atoms with Crippen LogP contribution in [0.1, 0.15) is 25.7 Å². The van der Waals surface area contributed by atoms with Crippen molar-refractivity contribution in [2.75, 3.05) is 18.4 Å². The average molecular weight is 250 g/mol. The van der Waals surface area contributed by atoms with Crippen molar-refractivity contribution in [2.45, 2.75) is 31.8 Å². The van der Waals surface area contributed by atoms with Crippen LogP contribution in [0.3, 0.4) is 0 Å². The Morgan fingerprint density at radius 1 is 1.54 bits per heavy atom. The van der Waals surface area contributed by atoms with Gasteiger partial charge in [-0.15, -0.1) is 0 Å². The largest absolute Gasteiger partial charge is 0.391 e.